The molecule has 0 aliphatic rings. The van der Waals surface area contributed by atoms with E-state index in [9.17, 15) is 35.1 Å². The van der Waals surface area contributed by atoms with Crippen molar-refractivity contribution >= 4 is 23.5 Å². The number of rotatable bonds is 6. The first-order chi connectivity index (χ1) is 8.90. The molecule has 0 radical (unpaired) electrons. The van der Waals surface area contributed by atoms with E-state index in [2.05, 4.69) is 4.74 Å². The Balaban J connectivity index is 3.58. The predicted octanol–water partition coefficient (Wildman–Crippen LogP) is 1.08. The molecule has 0 atom stereocenters. The van der Waals surface area contributed by atoms with Gasteiger partial charge in [0, 0.05) is 6.07 Å². The zero-order valence-electron chi connectivity index (χ0n) is 9.05. The van der Waals surface area contributed by atoms with E-state index in [1.807, 2.05) is 0 Å². The van der Waals surface area contributed by atoms with Crippen LogP contribution in [-0.4, -0.2) is 21.2 Å². The first kappa shape index (κ1) is 14.0. The summed E-state index contributed by atoms with van der Waals surface area (Å²) in [6, 6.07) is 1.67. The smallest absolute Gasteiger partial charge is 0.422 e. The fourth-order valence-corrected chi connectivity index (χ4v) is 1.38. The summed E-state index contributed by atoms with van der Waals surface area (Å²) in [5, 5.41) is 32.2. The Kier molecular flexibility index (Phi) is 4.03. The van der Waals surface area contributed by atoms with E-state index in [4.69, 9.17) is 0 Å². The second-order valence-electron chi connectivity index (χ2n) is 3.12. The molecule has 1 rings (SSSR count). The minimum Gasteiger partial charge on any atom is -0.463 e. The van der Waals surface area contributed by atoms with Gasteiger partial charge in [-0.2, -0.15) is 0 Å². The van der Waals surface area contributed by atoms with E-state index in [-0.39, 0.29) is 12.0 Å². The zero-order valence-corrected chi connectivity index (χ0v) is 9.05. The van der Waals surface area contributed by atoms with Crippen LogP contribution in [0.1, 0.15) is 5.56 Å². The maximum Gasteiger partial charge on any atom is 0.422 e. The van der Waals surface area contributed by atoms with Gasteiger partial charge in [-0.15, -0.1) is 0 Å². The molecule has 0 unspecified atom stereocenters. The van der Waals surface area contributed by atoms with E-state index in [0.29, 0.717) is 0 Å². The Labute approximate surface area is 103 Å². The van der Waals surface area contributed by atoms with Crippen LogP contribution in [0.3, 0.4) is 0 Å². The van der Waals surface area contributed by atoms with E-state index in [1.165, 1.54) is 0 Å². The summed E-state index contributed by atoms with van der Waals surface area (Å²) < 4.78 is 4.27. The summed E-state index contributed by atoms with van der Waals surface area (Å²) in [7, 11) is 0. The van der Waals surface area contributed by atoms with E-state index in [0.717, 1.165) is 12.1 Å². The van der Waals surface area contributed by atoms with Crippen LogP contribution in [0.4, 0.5) is 17.1 Å². The van der Waals surface area contributed by atoms with Gasteiger partial charge in [-0.05, 0) is 6.07 Å². The molecule has 11 nitrogen and oxygen atoms in total. The van der Waals surface area contributed by atoms with Gasteiger partial charge in [-0.25, -0.2) is 0 Å². The molecule has 19 heavy (non-hydrogen) atoms. The Morgan fingerprint density at radius 3 is 2.00 bits per heavy atom. The maximum atomic E-state index is 10.8. The molecule has 100 valence electrons. The lowest BCUT2D eigenvalue weighted by molar-refractivity contribution is -0.441. The molecule has 0 amide bonds. The Morgan fingerprint density at radius 1 is 1.00 bits per heavy atom. The van der Waals surface area contributed by atoms with Crippen LogP contribution >= 0.6 is 0 Å². The van der Waals surface area contributed by atoms with Gasteiger partial charge in [0.2, 0.25) is 0 Å². The molecule has 1 aromatic rings. The van der Waals surface area contributed by atoms with Crippen molar-refractivity contribution in [1.82, 2.24) is 0 Å². The van der Waals surface area contributed by atoms with Gasteiger partial charge in [0.05, 0.1) is 20.3 Å². The summed E-state index contributed by atoms with van der Waals surface area (Å²) >= 11 is 0. The zero-order chi connectivity index (χ0) is 14.6. The molecular formula is C8H5N3O8. The average molecular weight is 271 g/mol. The lowest BCUT2D eigenvalue weighted by atomic mass is 10.1. The number of nitrogens with zero attached hydrogens (tertiary/aromatic N) is 3. The number of hydrogen-bond donors (Lipinski definition) is 0. The number of ether oxygens (including phenoxy) is 1. The quantitative estimate of drug-likeness (QED) is 0.422. The van der Waals surface area contributed by atoms with Crippen molar-refractivity contribution in [3.05, 3.63) is 48.0 Å². The highest BCUT2D eigenvalue weighted by atomic mass is 16.6. The number of nitro groups is 3. The molecular weight excluding hydrogens is 266 g/mol. The molecule has 11 heteroatoms. The molecule has 0 heterocycles. The molecule has 0 aliphatic carbocycles. The number of carbonyl (C=O) groups is 1. The summed E-state index contributed by atoms with van der Waals surface area (Å²) in [6.07, 6.45) is 0. The third-order valence-corrected chi connectivity index (χ3v) is 2.08. The molecule has 0 spiro atoms. The van der Waals surface area contributed by atoms with Crippen LogP contribution in [0.2, 0.25) is 0 Å². The lowest BCUT2D eigenvalue weighted by Crippen LogP contribution is -2.05. The summed E-state index contributed by atoms with van der Waals surface area (Å²) in [5.74, 6) is 0. The molecule has 0 saturated heterocycles. The normalized spacial score (nSPS) is 9.68. The Bertz CT molecular complexity index is 569. The first-order valence-electron chi connectivity index (χ1n) is 4.54. The number of nitro benzene ring substituents is 3. The largest absolute Gasteiger partial charge is 0.463 e. The monoisotopic (exact) mass is 271 g/mol. The molecule has 0 bridgehead atoms. The topological polar surface area (TPSA) is 156 Å². The van der Waals surface area contributed by atoms with Crippen molar-refractivity contribution in [2.75, 3.05) is 0 Å². The van der Waals surface area contributed by atoms with Gasteiger partial charge in [-0.3, -0.25) is 35.1 Å². The summed E-state index contributed by atoms with van der Waals surface area (Å²) in [6.45, 7) is -0.602. The Hall–Kier alpha value is -3.11. The second kappa shape index (κ2) is 5.48. The minimum absolute atomic E-state index is 0.00300. The standard InChI is InChI=1S/C8H5N3O8/c12-4-19-3-5-1-2-6(9(13)14)8(11(17)18)7(5)10(15)16/h1-2,4H,3H2. The SMILES string of the molecule is O=COCc1ccc([N+](=O)[O-])c([N+](=O)[O-])c1[N+](=O)[O-]. The Morgan fingerprint density at radius 2 is 1.58 bits per heavy atom. The highest BCUT2D eigenvalue weighted by molar-refractivity contribution is 5.69. The number of hydrogen-bond acceptors (Lipinski definition) is 8. The van der Waals surface area contributed by atoms with Gasteiger partial charge in [0.1, 0.15) is 6.61 Å². The van der Waals surface area contributed by atoms with E-state index >= 15 is 0 Å². The second-order valence-corrected chi connectivity index (χ2v) is 3.12. The van der Waals surface area contributed by atoms with Crippen LogP contribution in [0.15, 0.2) is 12.1 Å². The van der Waals surface area contributed by atoms with Crippen molar-refractivity contribution in [2.45, 2.75) is 6.61 Å². The van der Waals surface area contributed by atoms with Gasteiger partial charge in [-0.1, -0.05) is 0 Å². The van der Waals surface area contributed by atoms with Crippen LogP contribution in [0.25, 0.3) is 0 Å². The highest BCUT2D eigenvalue weighted by Gasteiger charge is 2.38. The van der Waals surface area contributed by atoms with Crippen molar-refractivity contribution in [3.63, 3.8) is 0 Å². The van der Waals surface area contributed by atoms with Crippen LogP contribution in [0.5, 0.6) is 0 Å². The van der Waals surface area contributed by atoms with Crippen LogP contribution < -0.4 is 0 Å². The first-order valence-corrected chi connectivity index (χ1v) is 4.54. The molecule has 0 aromatic heterocycles. The number of benzene rings is 1. The molecule has 0 N–H and O–H groups in total. The van der Waals surface area contributed by atoms with E-state index < -0.39 is 38.4 Å². The fraction of sp³-hybridized carbons (Fsp3) is 0.125. The summed E-state index contributed by atoms with van der Waals surface area (Å²) in [4.78, 5) is 38.8. The van der Waals surface area contributed by atoms with Crippen LogP contribution in [0, 0.1) is 30.3 Å². The van der Waals surface area contributed by atoms with Crippen molar-refractivity contribution in [1.29, 1.82) is 0 Å². The highest BCUT2D eigenvalue weighted by Crippen LogP contribution is 2.38. The third kappa shape index (κ3) is 2.77. The third-order valence-electron chi connectivity index (χ3n) is 2.08. The lowest BCUT2D eigenvalue weighted by Gasteiger charge is -2.02. The molecule has 0 aliphatic heterocycles. The van der Waals surface area contributed by atoms with Gasteiger partial charge >= 0.3 is 17.1 Å². The molecule has 0 fully saturated rings. The van der Waals surface area contributed by atoms with Gasteiger partial charge < -0.3 is 4.74 Å². The van der Waals surface area contributed by atoms with Crippen molar-refractivity contribution in [3.8, 4) is 0 Å². The molecule has 1 aromatic carbocycles. The van der Waals surface area contributed by atoms with Crippen molar-refractivity contribution < 1.29 is 24.3 Å². The minimum atomic E-state index is -1.25. The van der Waals surface area contributed by atoms with Gasteiger partial charge in [0.15, 0.2) is 0 Å². The predicted molar refractivity (Wildman–Crippen MR) is 57.3 cm³/mol. The van der Waals surface area contributed by atoms with Crippen LogP contribution in [-0.2, 0) is 16.1 Å². The summed E-state index contributed by atoms with van der Waals surface area (Å²) in [5.41, 5.74) is -3.64. The van der Waals surface area contributed by atoms with Crippen molar-refractivity contribution in [2.24, 2.45) is 0 Å². The number of carbonyl (C=O) groups excluding carboxylic acids is 1. The molecule has 0 saturated carbocycles. The van der Waals surface area contributed by atoms with E-state index in [1.54, 1.807) is 0 Å². The van der Waals surface area contributed by atoms with Gasteiger partial charge in [0.25, 0.3) is 6.47 Å². The maximum absolute atomic E-state index is 10.8. The fourth-order valence-electron chi connectivity index (χ4n) is 1.38. The average Bonchev–Trinajstić information content (AvgIpc) is 2.34.